The molecule has 2 unspecified atom stereocenters. The van der Waals surface area contributed by atoms with Gasteiger partial charge in [-0.3, -0.25) is 0 Å². The lowest BCUT2D eigenvalue weighted by Gasteiger charge is -2.20. The van der Waals surface area contributed by atoms with Gasteiger partial charge in [-0.2, -0.15) is 5.11 Å². The standard InChI is InChI=1S/C23H21F3N4/c1-4-12(2)29-30-23-19-13(3)14-7-5-6-8-18(14)28-22(15(19)11-27-23)20-16(24)9-10-17(25)21(20)26/h5-12,22,27-28H,3-4H2,1-2H3. The van der Waals surface area contributed by atoms with Gasteiger partial charge in [0, 0.05) is 28.6 Å². The van der Waals surface area contributed by atoms with Gasteiger partial charge in [0.2, 0.25) is 0 Å². The Morgan fingerprint density at radius 2 is 1.83 bits per heavy atom. The molecule has 4 nitrogen and oxygen atoms in total. The quantitative estimate of drug-likeness (QED) is 0.357. The number of halogens is 3. The molecule has 7 heteroatoms. The molecule has 0 saturated carbocycles. The number of nitrogens with one attached hydrogen (secondary N) is 2. The number of anilines is 1. The van der Waals surface area contributed by atoms with Crippen molar-refractivity contribution in [1.82, 2.24) is 4.98 Å². The monoisotopic (exact) mass is 410 g/mol. The first-order chi connectivity index (χ1) is 14.4. The van der Waals surface area contributed by atoms with E-state index in [4.69, 9.17) is 0 Å². The van der Waals surface area contributed by atoms with Crippen LogP contribution in [0.15, 0.2) is 59.4 Å². The third kappa shape index (κ3) is 3.30. The molecular weight excluding hydrogens is 389 g/mol. The van der Waals surface area contributed by atoms with Crippen LogP contribution in [-0.2, 0) is 0 Å². The van der Waals surface area contributed by atoms with Crippen molar-refractivity contribution < 1.29 is 13.2 Å². The maximum Gasteiger partial charge on any atom is 0.167 e. The molecule has 1 aliphatic heterocycles. The number of azo groups is 1. The molecular formula is C23H21F3N4. The van der Waals surface area contributed by atoms with Gasteiger partial charge in [0.25, 0.3) is 0 Å². The fourth-order valence-electron chi connectivity index (χ4n) is 3.56. The van der Waals surface area contributed by atoms with Gasteiger partial charge in [-0.1, -0.05) is 31.7 Å². The molecule has 1 aliphatic rings. The number of hydrogen-bond acceptors (Lipinski definition) is 3. The van der Waals surface area contributed by atoms with E-state index >= 15 is 0 Å². The van der Waals surface area contributed by atoms with E-state index in [2.05, 4.69) is 27.1 Å². The summed E-state index contributed by atoms with van der Waals surface area (Å²) < 4.78 is 43.4. The molecule has 0 radical (unpaired) electrons. The van der Waals surface area contributed by atoms with Crippen LogP contribution >= 0.6 is 0 Å². The minimum Gasteiger partial charge on any atom is -0.373 e. The topological polar surface area (TPSA) is 52.5 Å². The second-order valence-corrected chi connectivity index (χ2v) is 7.30. The molecule has 0 fully saturated rings. The van der Waals surface area contributed by atoms with Crippen LogP contribution in [0, 0.1) is 17.5 Å². The van der Waals surface area contributed by atoms with Crippen molar-refractivity contribution in [3.05, 3.63) is 88.9 Å². The molecule has 0 amide bonds. The minimum atomic E-state index is -1.23. The van der Waals surface area contributed by atoms with Crippen LogP contribution in [0.2, 0.25) is 0 Å². The van der Waals surface area contributed by atoms with Gasteiger partial charge in [0.15, 0.2) is 17.5 Å². The Kier molecular flexibility index (Phi) is 5.20. The molecule has 0 bridgehead atoms. The van der Waals surface area contributed by atoms with E-state index in [9.17, 15) is 13.2 Å². The number of hydrogen-bond donors (Lipinski definition) is 2. The average molecular weight is 410 g/mol. The molecule has 2 heterocycles. The average Bonchev–Trinajstić information content (AvgIpc) is 3.12. The van der Waals surface area contributed by atoms with Crippen molar-refractivity contribution in [2.45, 2.75) is 32.4 Å². The molecule has 2 N–H and O–H groups in total. The zero-order valence-corrected chi connectivity index (χ0v) is 16.6. The molecule has 0 spiro atoms. The molecule has 0 saturated heterocycles. The van der Waals surface area contributed by atoms with E-state index in [1.54, 1.807) is 18.3 Å². The Balaban J connectivity index is 1.96. The number of H-pyrrole nitrogens is 1. The summed E-state index contributed by atoms with van der Waals surface area (Å²) in [5.41, 5.74) is 2.73. The lowest BCUT2D eigenvalue weighted by molar-refractivity contribution is 0.476. The summed E-state index contributed by atoms with van der Waals surface area (Å²) in [5, 5.41) is 11.8. The van der Waals surface area contributed by atoms with E-state index < -0.39 is 29.1 Å². The summed E-state index contributed by atoms with van der Waals surface area (Å²) >= 11 is 0. The van der Waals surface area contributed by atoms with Crippen molar-refractivity contribution >= 4 is 17.1 Å². The number of aromatic nitrogens is 1. The highest BCUT2D eigenvalue weighted by Crippen LogP contribution is 2.45. The van der Waals surface area contributed by atoms with Crippen molar-refractivity contribution in [2.24, 2.45) is 10.2 Å². The second kappa shape index (κ2) is 7.82. The maximum absolute atomic E-state index is 14.7. The van der Waals surface area contributed by atoms with Crippen molar-refractivity contribution in [1.29, 1.82) is 0 Å². The Morgan fingerprint density at radius 1 is 1.10 bits per heavy atom. The summed E-state index contributed by atoms with van der Waals surface area (Å²) in [6.45, 7) is 8.15. The molecule has 1 aromatic heterocycles. The normalized spacial score (nSPS) is 16.7. The Morgan fingerprint density at radius 3 is 2.60 bits per heavy atom. The fourth-order valence-corrected chi connectivity index (χ4v) is 3.56. The molecule has 2 atom stereocenters. The van der Waals surface area contributed by atoms with Crippen molar-refractivity contribution in [3.8, 4) is 0 Å². The Labute approximate surface area is 172 Å². The van der Waals surface area contributed by atoms with E-state index in [1.807, 2.05) is 26.0 Å². The van der Waals surface area contributed by atoms with Gasteiger partial charge in [-0.25, -0.2) is 13.2 Å². The zero-order chi connectivity index (χ0) is 21.4. The predicted octanol–water partition coefficient (Wildman–Crippen LogP) is 6.89. The smallest absolute Gasteiger partial charge is 0.167 e. The highest BCUT2D eigenvalue weighted by atomic mass is 19.2. The van der Waals surface area contributed by atoms with Gasteiger partial charge < -0.3 is 10.3 Å². The third-order valence-electron chi connectivity index (χ3n) is 5.37. The number of nitrogens with zero attached hydrogens (tertiary/aromatic N) is 2. The summed E-state index contributed by atoms with van der Waals surface area (Å²) in [5.74, 6) is -2.74. The first-order valence-electron chi connectivity index (χ1n) is 9.73. The highest BCUT2D eigenvalue weighted by Gasteiger charge is 2.32. The van der Waals surface area contributed by atoms with E-state index in [-0.39, 0.29) is 6.04 Å². The zero-order valence-electron chi connectivity index (χ0n) is 16.6. The van der Waals surface area contributed by atoms with Gasteiger partial charge in [0.1, 0.15) is 5.82 Å². The first-order valence-corrected chi connectivity index (χ1v) is 9.73. The van der Waals surface area contributed by atoms with Gasteiger partial charge in [-0.15, -0.1) is 5.11 Å². The first kappa shape index (κ1) is 19.9. The van der Waals surface area contributed by atoms with Crippen molar-refractivity contribution in [3.63, 3.8) is 0 Å². The molecule has 2 aromatic carbocycles. The van der Waals surface area contributed by atoms with Crippen LogP contribution in [0.5, 0.6) is 0 Å². The lowest BCUT2D eigenvalue weighted by atomic mass is 9.93. The molecule has 154 valence electrons. The van der Waals surface area contributed by atoms with Gasteiger partial charge in [0.05, 0.1) is 17.6 Å². The highest BCUT2D eigenvalue weighted by molar-refractivity contribution is 5.92. The second-order valence-electron chi connectivity index (χ2n) is 7.30. The molecule has 0 aliphatic carbocycles. The SMILES string of the molecule is C=C1c2ccccc2NC(c2c(F)ccc(F)c2F)c2c[nH]c(N=NC(C)CC)c21. The number of fused-ring (bicyclic) bond motifs is 2. The number of aromatic amines is 1. The Hall–Kier alpha value is -3.35. The van der Waals surface area contributed by atoms with Crippen LogP contribution in [0.3, 0.4) is 0 Å². The van der Waals surface area contributed by atoms with Gasteiger partial charge >= 0.3 is 0 Å². The minimum absolute atomic E-state index is 0.0160. The third-order valence-corrected chi connectivity index (χ3v) is 5.37. The number of benzene rings is 2. The van der Waals surface area contributed by atoms with Gasteiger partial charge in [-0.05, 0) is 37.1 Å². The summed E-state index contributed by atoms with van der Waals surface area (Å²) in [6, 6.07) is 8.04. The molecule has 3 aromatic rings. The van der Waals surface area contributed by atoms with Crippen molar-refractivity contribution in [2.75, 3.05) is 5.32 Å². The summed E-state index contributed by atoms with van der Waals surface area (Å²) in [6.07, 6.45) is 2.43. The van der Waals surface area contributed by atoms with Crippen LogP contribution in [0.4, 0.5) is 24.7 Å². The van der Waals surface area contributed by atoms with Crippen LogP contribution in [0.1, 0.15) is 48.6 Å². The Bertz CT molecular complexity index is 1150. The fraction of sp³-hybridized carbons (Fsp3) is 0.217. The van der Waals surface area contributed by atoms with E-state index in [1.165, 1.54) is 0 Å². The lowest BCUT2D eigenvalue weighted by Crippen LogP contribution is -2.16. The summed E-state index contributed by atoms with van der Waals surface area (Å²) in [7, 11) is 0. The number of para-hydroxylation sites is 1. The van der Waals surface area contributed by atoms with Crippen LogP contribution < -0.4 is 5.32 Å². The van der Waals surface area contributed by atoms with Crippen LogP contribution in [-0.4, -0.2) is 11.0 Å². The maximum atomic E-state index is 14.7. The molecule has 30 heavy (non-hydrogen) atoms. The van der Waals surface area contributed by atoms with E-state index in [0.29, 0.717) is 28.2 Å². The van der Waals surface area contributed by atoms with E-state index in [0.717, 1.165) is 24.1 Å². The molecule has 4 rings (SSSR count). The van der Waals surface area contributed by atoms with Crippen LogP contribution in [0.25, 0.3) is 5.57 Å². The predicted molar refractivity (Wildman–Crippen MR) is 111 cm³/mol. The summed E-state index contributed by atoms with van der Waals surface area (Å²) in [4.78, 5) is 3.04. The number of rotatable bonds is 4. The largest absolute Gasteiger partial charge is 0.373 e.